The van der Waals surface area contributed by atoms with Crippen LogP contribution in [0, 0.1) is 6.92 Å². The van der Waals surface area contributed by atoms with Crippen LogP contribution >= 0.6 is 11.8 Å². The van der Waals surface area contributed by atoms with Gasteiger partial charge in [0.15, 0.2) is 0 Å². The van der Waals surface area contributed by atoms with Crippen molar-refractivity contribution in [2.75, 3.05) is 23.4 Å². The molecule has 1 aliphatic rings. The molecule has 2 rings (SSSR count). The lowest BCUT2D eigenvalue weighted by Gasteiger charge is -2.29. The Morgan fingerprint density at radius 2 is 1.95 bits per heavy atom. The second-order valence-electron chi connectivity index (χ2n) is 5.71. The first-order valence-corrected chi connectivity index (χ1v) is 9.37. The van der Waals surface area contributed by atoms with Gasteiger partial charge in [0, 0.05) is 29.8 Å². The Balaban J connectivity index is 2.16. The van der Waals surface area contributed by atoms with Gasteiger partial charge in [0.2, 0.25) is 0 Å². The Bertz CT molecular complexity index is 464. The minimum absolute atomic E-state index is 0.545. The Morgan fingerprint density at radius 3 is 2.62 bits per heavy atom. The second kappa shape index (κ2) is 7.87. The van der Waals surface area contributed by atoms with E-state index in [1.165, 1.54) is 25.7 Å². The van der Waals surface area contributed by atoms with Crippen LogP contribution in [-0.4, -0.2) is 34.1 Å². The zero-order valence-electron chi connectivity index (χ0n) is 13.7. The Morgan fingerprint density at radius 1 is 1.19 bits per heavy atom. The number of aromatic nitrogens is 2. The molecule has 0 saturated heterocycles. The predicted octanol–water partition coefficient (Wildman–Crippen LogP) is 3.87. The number of anilines is 2. The molecular formula is C16H28N4S. The van der Waals surface area contributed by atoms with E-state index in [-0.39, 0.29) is 0 Å². The molecule has 0 spiro atoms. The van der Waals surface area contributed by atoms with Crippen LogP contribution < -0.4 is 10.6 Å². The van der Waals surface area contributed by atoms with Crippen molar-refractivity contribution in [1.29, 1.82) is 0 Å². The first kappa shape index (κ1) is 16.4. The standard InChI is InChI=1S/C16H28N4S/c1-5-14-19-15(17-6-2)11(3)16(20-14)18-12-8-7-9-13(10-12)21-4/h12-13H,5-10H2,1-4H3,(H2,17,18,19,20). The molecule has 21 heavy (non-hydrogen) atoms. The predicted molar refractivity (Wildman–Crippen MR) is 93.5 cm³/mol. The molecule has 0 amide bonds. The SMILES string of the molecule is CCNc1nc(CC)nc(NC2CCCC(SC)C2)c1C. The van der Waals surface area contributed by atoms with E-state index in [2.05, 4.69) is 42.6 Å². The Kier molecular flexibility index (Phi) is 6.15. The van der Waals surface area contributed by atoms with Gasteiger partial charge in [-0.2, -0.15) is 11.8 Å². The maximum atomic E-state index is 4.71. The normalized spacial score (nSPS) is 22.1. The summed E-state index contributed by atoms with van der Waals surface area (Å²) in [7, 11) is 0. The Hall–Kier alpha value is -0.970. The number of nitrogens with one attached hydrogen (secondary N) is 2. The number of aryl methyl sites for hydroxylation is 1. The summed E-state index contributed by atoms with van der Waals surface area (Å²) in [5.41, 5.74) is 1.14. The fourth-order valence-electron chi connectivity index (χ4n) is 2.88. The maximum Gasteiger partial charge on any atom is 0.134 e. The van der Waals surface area contributed by atoms with Gasteiger partial charge in [-0.05, 0) is 39.4 Å². The molecule has 2 unspecified atom stereocenters. The van der Waals surface area contributed by atoms with Gasteiger partial charge in [-0.3, -0.25) is 0 Å². The van der Waals surface area contributed by atoms with Crippen LogP contribution in [0.25, 0.3) is 0 Å². The largest absolute Gasteiger partial charge is 0.370 e. The number of hydrogen-bond donors (Lipinski definition) is 2. The lowest BCUT2D eigenvalue weighted by atomic mass is 9.95. The second-order valence-corrected chi connectivity index (χ2v) is 6.85. The molecule has 118 valence electrons. The molecule has 1 aromatic rings. The molecule has 1 fully saturated rings. The van der Waals surface area contributed by atoms with Crippen molar-refractivity contribution >= 4 is 23.4 Å². The quantitative estimate of drug-likeness (QED) is 0.835. The molecule has 2 atom stereocenters. The van der Waals surface area contributed by atoms with Gasteiger partial charge in [-0.1, -0.05) is 13.3 Å². The fourth-order valence-corrected chi connectivity index (χ4v) is 3.71. The summed E-state index contributed by atoms with van der Waals surface area (Å²) in [5, 5.41) is 7.82. The fraction of sp³-hybridized carbons (Fsp3) is 0.750. The molecule has 2 N–H and O–H groups in total. The van der Waals surface area contributed by atoms with E-state index >= 15 is 0 Å². The molecule has 0 aromatic carbocycles. The van der Waals surface area contributed by atoms with E-state index in [1.807, 2.05) is 11.8 Å². The van der Waals surface area contributed by atoms with E-state index in [9.17, 15) is 0 Å². The third-order valence-corrected chi connectivity index (χ3v) is 5.25. The minimum Gasteiger partial charge on any atom is -0.370 e. The van der Waals surface area contributed by atoms with Crippen molar-refractivity contribution in [3.63, 3.8) is 0 Å². The molecule has 5 heteroatoms. The molecule has 1 heterocycles. The third-order valence-electron chi connectivity index (χ3n) is 4.15. The molecule has 0 bridgehead atoms. The van der Waals surface area contributed by atoms with Gasteiger partial charge in [-0.25, -0.2) is 9.97 Å². The van der Waals surface area contributed by atoms with Gasteiger partial charge in [-0.15, -0.1) is 0 Å². The van der Waals surface area contributed by atoms with Crippen LogP contribution in [0.4, 0.5) is 11.6 Å². The van der Waals surface area contributed by atoms with Crippen LogP contribution in [0.2, 0.25) is 0 Å². The highest BCUT2D eigenvalue weighted by Gasteiger charge is 2.22. The number of nitrogens with zero attached hydrogens (tertiary/aromatic N) is 2. The highest BCUT2D eigenvalue weighted by atomic mass is 32.2. The molecule has 1 saturated carbocycles. The first-order valence-electron chi connectivity index (χ1n) is 8.08. The van der Waals surface area contributed by atoms with E-state index in [0.29, 0.717) is 6.04 Å². The summed E-state index contributed by atoms with van der Waals surface area (Å²) >= 11 is 2.00. The van der Waals surface area contributed by atoms with Crippen molar-refractivity contribution in [2.24, 2.45) is 0 Å². The average molecular weight is 308 g/mol. The van der Waals surface area contributed by atoms with Gasteiger partial charge in [0.05, 0.1) is 0 Å². The number of rotatable bonds is 6. The number of thioether (sulfide) groups is 1. The van der Waals surface area contributed by atoms with Crippen LogP contribution in [0.3, 0.4) is 0 Å². The van der Waals surface area contributed by atoms with Crippen LogP contribution in [0.5, 0.6) is 0 Å². The molecule has 4 nitrogen and oxygen atoms in total. The van der Waals surface area contributed by atoms with Crippen molar-refractivity contribution in [3.8, 4) is 0 Å². The van der Waals surface area contributed by atoms with Crippen LogP contribution in [-0.2, 0) is 6.42 Å². The van der Waals surface area contributed by atoms with Gasteiger partial charge >= 0.3 is 0 Å². The lowest BCUT2D eigenvalue weighted by molar-refractivity contribution is 0.472. The first-order chi connectivity index (χ1) is 10.2. The molecule has 1 aromatic heterocycles. The van der Waals surface area contributed by atoms with E-state index in [4.69, 9.17) is 4.98 Å². The number of hydrogen-bond acceptors (Lipinski definition) is 5. The zero-order chi connectivity index (χ0) is 15.2. The van der Waals surface area contributed by atoms with Gasteiger partial charge in [0.25, 0.3) is 0 Å². The Labute approximate surface area is 132 Å². The molecule has 0 radical (unpaired) electrons. The summed E-state index contributed by atoms with van der Waals surface area (Å²) in [6.07, 6.45) is 8.24. The maximum absolute atomic E-state index is 4.71. The zero-order valence-corrected chi connectivity index (χ0v) is 14.5. The van der Waals surface area contributed by atoms with Crippen molar-refractivity contribution in [2.45, 2.75) is 64.2 Å². The van der Waals surface area contributed by atoms with Crippen molar-refractivity contribution in [3.05, 3.63) is 11.4 Å². The van der Waals surface area contributed by atoms with E-state index in [1.54, 1.807) is 0 Å². The summed E-state index contributed by atoms with van der Waals surface area (Å²) in [6.45, 7) is 7.20. The summed E-state index contributed by atoms with van der Waals surface area (Å²) in [5.74, 6) is 2.91. The van der Waals surface area contributed by atoms with Crippen molar-refractivity contribution in [1.82, 2.24) is 9.97 Å². The summed E-state index contributed by atoms with van der Waals surface area (Å²) in [4.78, 5) is 9.31. The molecule has 1 aliphatic carbocycles. The van der Waals surface area contributed by atoms with E-state index < -0.39 is 0 Å². The van der Waals surface area contributed by atoms with Crippen molar-refractivity contribution < 1.29 is 0 Å². The van der Waals surface area contributed by atoms with Crippen LogP contribution in [0.15, 0.2) is 0 Å². The van der Waals surface area contributed by atoms with Gasteiger partial charge < -0.3 is 10.6 Å². The summed E-state index contributed by atoms with van der Waals surface area (Å²) in [6, 6.07) is 0.545. The lowest BCUT2D eigenvalue weighted by Crippen LogP contribution is -2.29. The highest BCUT2D eigenvalue weighted by Crippen LogP contribution is 2.30. The van der Waals surface area contributed by atoms with E-state index in [0.717, 1.165) is 41.2 Å². The smallest absolute Gasteiger partial charge is 0.134 e. The molecule has 0 aliphatic heterocycles. The highest BCUT2D eigenvalue weighted by molar-refractivity contribution is 7.99. The van der Waals surface area contributed by atoms with Crippen LogP contribution in [0.1, 0.15) is 50.9 Å². The monoisotopic (exact) mass is 308 g/mol. The average Bonchev–Trinajstić information content (AvgIpc) is 2.51. The summed E-state index contributed by atoms with van der Waals surface area (Å²) < 4.78 is 0. The third kappa shape index (κ3) is 4.25. The topological polar surface area (TPSA) is 49.8 Å². The minimum atomic E-state index is 0.545. The molecular weight excluding hydrogens is 280 g/mol. The van der Waals surface area contributed by atoms with Gasteiger partial charge in [0.1, 0.15) is 17.5 Å².